The largest absolute Gasteiger partial charge is 0.508 e. The molecule has 3 N–H and O–H groups in total. The summed E-state index contributed by atoms with van der Waals surface area (Å²) in [6, 6.07) is 13.1. The van der Waals surface area contributed by atoms with E-state index in [1.165, 1.54) is 12.1 Å². The summed E-state index contributed by atoms with van der Waals surface area (Å²) in [5, 5.41) is 14.7. The Morgan fingerprint density at radius 3 is 2.09 bits per heavy atom. The van der Waals surface area contributed by atoms with Gasteiger partial charge in [-0.05, 0) is 42.5 Å². The molecule has 0 bridgehead atoms. The number of carbonyl (C=O) groups is 2. The van der Waals surface area contributed by atoms with Crippen molar-refractivity contribution in [3.63, 3.8) is 0 Å². The zero-order valence-corrected chi connectivity index (χ0v) is 13.3. The molecular formula is C16H15BrN2O3. The summed E-state index contributed by atoms with van der Waals surface area (Å²) in [7, 11) is 0. The monoisotopic (exact) mass is 362 g/mol. The molecule has 2 aromatic rings. The lowest BCUT2D eigenvalue weighted by molar-refractivity contribution is 0.0927. The third-order valence-electron chi connectivity index (χ3n) is 2.91. The van der Waals surface area contributed by atoms with Crippen molar-refractivity contribution in [1.29, 1.82) is 0 Å². The molecule has 0 aliphatic carbocycles. The third-order valence-corrected chi connectivity index (χ3v) is 3.44. The molecule has 2 rings (SSSR count). The Morgan fingerprint density at radius 2 is 1.50 bits per heavy atom. The van der Waals surface area contributed by atoms with E-state index in [-0.39, 0.29) is 17.6 Å². The summed E-state index contributed by atoms with van der Waals surface area (Å²) in [4.78, 5) is 23.7. The minimum atomic E-state index is -0.297. The summed E-state index contributed by atoms with van der Waals surface area (Å²) in [6.45, 7) is 0.621. The molecule has 0 radical (unpaired) electrons. The van der Waals surface area contributed by atoms with Crippen LogP contribution in [0.15, 0.2) is 53.0 Å². The molecule has 2 aromatic carbocycles. The van der Waals surface area contributed by atoms with Crippen molar-refractivity contribution in [2.24, 2.45) is 0 Å². The van der Waals surface area contributed by atoms with Gasteiger partial charge in [-0.25, -0.2) is 0 Å². The fourth-order valence-electron chi connectivity index (χ4n) is 1.80. The van der Waals surface area contributed by atoms with Gasteiger partial charge < -0.3 is 15.7 Å². The van der Waals surface area contributed by atoms with E-state index in [4.69, 9.17) is 0 Å². The average Bonchev–Trinajstić information content (AvgIpc) is 2.51. The number of nitrogens with one attached hydrogen (secondary N) is 2. The Balaban J connectivity index is 1.76. The van der Waals surface area contributed by atoms with Gasteiger partial charge in [0.25, 0.3) is 11.8 Å². The summed E-state index contributed by atoms with van der Waals surface area (Å²) < 4.78 is 0.905. The van der Waals surface area contributed by atoms with Crippen LogP contribution in [0.1, 0.15) is 20.7 Å². The molecule has 0 saturated heterocycles. The van der Waals surface area contributed by atoms with Crippen molar-refractivity contribution in [2.75, 3.05) is 13.1 Å². The number of amides is 2. The summed E-state index contributed by atoms with van der Waals surface area (Å²) in [5.74, 6) is -0.455. The van der Waals surface area contributed by atoms with Crippen LogP contribution in [0.3, 0.4) is 0 Å². The van der Waals surface area contributed by atoms with Gasteiger partial charge in [0.2, 0.25) is 0 Å². The van der Waals surface area contributed by atoms with Gasteiger partial charge >= 0.3 is 0 Å². The van der Waals surface area contributed by atoms with Gasteiger partial charge in [0.05, 0.1) is 0 Å². The Morgan fingerprint density at radius 1 is 0.909 bits per heavy atom. The molecule has 0 fully saturated rings. The highest BCUT2D eigenvalue weighted by molar-refractivity contribution is 9.10. The number of carbonyl (C=O) groups excluding carboxylic acids is 2. The van der Waals surface area contributed by atoms with Crippen LogP contribution in [0, 0.1) is 0 Å². The maximum atomic E-state index is 11.8. The SMILES string of the molecule is O=C(NCCNC(=O)c1cccc(O)c1)c1ccc(Br)cc1. The molecule has 0 heterocycles. The van der Waals surface area contributed by atoms with Gasteiger partial charge in [-0.3, -0.25) is 9.59 Å². The van der Waals surface area contributed by atoms with Crippen LogP contribution in [0.5, 0.6) is 5.75 Å². The van der Waals surface area contributed by atoms with Crippen LogP contribution in [0.4, 0.5) is 0 Å². The number of aromatic hydroxyl groups is 1. The standard InChI is InChI=1S/C16H15BrN2O3/c17-13-6-4-11(5-7-13)15(21)18-8-9-19-16(22)12-2-1-3-14(20)10-12/h1-7,10,20H,8-9H2,(H,18,21)(H,19,22). The van der Waals surface area contributed by atoms with E-state index < -0.39 is 0 Å². The van der Waals surface area contributed by atoms with Gasteiger partial charge in [0.1, 0.15) is 5.75 Å². The Bertz CT molecular complexity index is 671. The molecule has 0 aliphatic rings. The quantitative estimate of drug-likeness (QED) is 0.714. The normalized spacial score (nSPS) is 10.0. The molecular weight excluding hydrogens is 348 g/mol. The van der Waals surface area contributed by atoms with E-state index >= 15 is 0 Å². The fraction of sp³-hybridized carbons (Fsp3) is 0.125. The zero-order chi connectivity index (χ0) is 15.9. The second-order valence-corrected chi connectivity index (χ2v) is 5.48. The molecule has 6 heteroatoms. The van der Waals surface area contributed by atoms with E-state index in [1.807, 2.05) is 0 Å². The number of hydrogen-bond donors (Lipinski definition) is 3. The van der Waals surface area contributed by atoms with E-state index in [0.717, 1.165) is 4.47 Å². The number of halogens is 1. The van der Waals surface area contributed by atoms with Gasteiger partial charge in [-0.2, -0.15) is 0 Å². The van der Waals surface area contributed by atoms with Gasteiger partial charge in [-0.15, -0.1) is 0 Å². The second-order valence-electron chi connectivity index (χ2n) is 4.57. The van der Waals surface area contributed by atoms with Gasteiger partial charge in [0, 0.05) is 28.7 Å². The Labute approximate surface area is 136 Å². The van der Waals surface area contributed by atoms with Crippen LogP contribution in [-0.2, 0) is 0 Å². The Hall–Kier alpha value is -2.34. The third kappa shape index (κ3) is 4.60. The highest BCUT2D eigenvalue weighted by atomic mass is 79.9. The lowest BCUT2D eigenvalue weighted by Gasteiger charge is -2.07. The minimum Gasteiger partial charge on any atom is -0.508 e. The van der Waals surface area contributed by atoms with E-state index in [2.05, 4.69) is 26.6 Å². The van der Waals surface area contributed by atoms with Gasteiger partial charge in [0.15, 0.2) is 0 Å². The number of benzene rings is 2. The first-order chi connectivity index (χ1) is 10.6. The highest BCUT2D eigenvalue weighted by Gasteiger charge is 2.07. The average molecular weight is 363 g/mol. The van der Waals surface area contributed by atoms with Crippen molar-refractivity contribution < 1.29 is 14.7 Å². The first-order valence-electron chi connectivity index (χ1n) is 6.67. The molecule has 2 amide bonds. The topological polar surface area (TPSA) is 78.4 Å². The maximum Gasteiger partial charge on any atom is 0.251 e. The Kier molecular flexibility index (Phi) is 5.55. The van der Waals surface area contributed by atoms with Crippen molar-refractivity contribution >= 4 is 27.7 Å². The van der Waals surface area contributed by atoms with Crippen molar-refractivity contribution in [1.82, 2.24) is 10.6 Å². The van der Waals surface area contributed by atoms with Crippen LogP contribution in [-0.4, -0.2) is 30.0 Å². The predicted octanol–water partition coefficient (Wildman–Crippen LogP) is 2.31. The summed E-state index contributed by atoms with van der Waals surface area (Å²) >= 11 is 3.30. The van der Waals surface area contributed by atoms with Crippen molar-refractivity contribution in [3.05, 3.63) is 64.1 Å². The zero-order valence-electron chi connectivity index (χ0n) is 11.7. The molecule has 114 valence electrons. The molecule has 0 aliphatic heterocycles. The van der Waals surface area contributed by atoms with E-state index in [9.17, 15) is 14.7 Å². The molecule has 0 atom stereocenters. The molecule has 22 heavy (non-hydrogen) atoms. The molecule has 0 spiro atoms. The van der Waals surface area contributed by atoms with E-state index in [1.54, 1.807) is 36.4 Å². The molecule has 0 unspecified atom stereocenters. The van der Waals surface area contributed by atoms with Crippen LogP contribution in [0.2, 0.25) is 0 Å². The molecule has 0 aromatic heterocycles. The van der Waals surface area contributed by atoms with Gasteiger partial charge in [-0.1, -0.05) is 22.0 Å². The molecule has 5 nitrogen and oxygen atoms in total. The number of rotatable bonds is 5. The van der Waals surface area contributed by atoms with Crippen molar-refractivity contribution in [3.8, 4) is 5.75 Å². The predicted molar refractivity (Wildman–Crippen MR) is 86.9 cm³/mol. The molecule has 0 saturated carbocycles. The summed E-state index contributed by atoms with van der Waals surface area (Å²) in [6.07, 6.45) is 0. The summed E-state index contributed by atoms with van der Waals surface area (Å²) in [5.41, 5.74) is 0.932. The van der Waals surface area contributed by atoms with E-state index in [0.29, 0.717) is 24.2 Å². The number of phenolic OH excluding ortho intramolecular Hbond substituents is 1. The number of phenols is 1. The number of hydrogen-bond acceptors (Lipinski definition) is 3. The first-order valence-corrected chi connectivity index (χ1v) is 7.46. The second kappa shape index (κ2) is 7.61. The lowest BCUT2D eigenvalue weighted by atomic mass is 10.2. The lowest BCUT2D eigenvalue weighted by Crippen LogP contribution is -2.34. The van der Waals surface area contributed by atoms with Crippen LogP contribution in [0.25, 0.3) is 0 Å². The minimum absolute atomic E-state index is 0.0381. The van der Waals surface area contributed by atoms with Crippen LogP contribution < -0.4 is 10.6 Å². The van der Waals surface area contributed by atoms with Crippen LogP contribution >= 0.6 is 15.9 Å². The first kappa shape index (κ1) is 16.0. The maximum absolute atomic E-state index is 11.8. The highest BCUT2D eigenvalue weighted by Crippen LogP contribution is 2.11. The van der Waals surface area contributed by atoms with Crippen molar-refractivity contribution in [2.45, 2.75) is 0 Å². The smallest absolute Gasteiger partial charge is 0.251 e. The fourth-order valence-corrected chi connectivity index (χ4v) is 2.07.